The zero-order chi connectivity index (χ0) is 38.7. The largest absolute Gasteiger partial charge is 0.397 e. The Morgan fingerprint density at radius 1 is 0.821 bits per heavy atom. The van der Waals surface area contributed by atoms with E-state index in [2.05, 4.69) is 26.2 Å². The monoisotopic (exact) mass is 769 g/mol. The van der Waals surface area contributed by atoms with Crippen LogP contribution in [0.2, 0.25) is 0 Å². The van der Waals surface area contributed by atoms with E-state index in [0.717, 1.165) is 39.1 Å². The Morgan fingerprint density at radius 3 is 2.32 bits per heavy atom. The number of hydrogen-bond acceptors (Lipinski definition) is 10. The molecule has 1 aliphatic heterocycles. The Bertz CT molecular complexity index is 2220. The van der Waals surface area contributed by atoms with Crippen molar-refractivity contribution in [3.8, 4) is 16.8 Å². The van der Waals surface area contributed by atoms with Gasteiger partial charge in [-0.25, -0.2) is 0 Å². The highest BCUT2D eigenvalue weighted by atomic mass is 32.2. The molecule has 2 heterocycles. The molecule has 0 radical (unpaired) electrons. The summed E-state index contributed by atoms with van der Waals surface area (Å²) in [4.78, 5) is 25.1. The number of ether oxygens (including phenoxy) is 2. The Morgan fingerprint density at radius 2 is 1.54 bits per heavy atom. The zero-order valence-corrected chi connectivity index (χ0v) is 31.5. The number of nitrogens with one attached hydrogen (secondary N) is 2. The Balaban J connectivity index is 0.990. The Kier molecular flexibility index (Phi) is 12.8. The molecule has 286 valence electrons. The van der Waals surface area contributed by atoms with Crippen LogP contribution in [0.3, 0.4) is 0 Å². The number of thioether (sulfide) groups is 1. The zero-order valence-electron chi connectivity index (χ0n) is 30.7. The predicted octanol–water partition coefficient (Wildman–Crippen LogP) is 7.17. The first-order valence-electron chi connectivity index (χ1n) is 18.5. The lowest BCUT2D eigenvalue weighted by Gasteiger charge is -2.36. The summed E-state index contributed by atoms with van der Waals surface area (Å²) in [6.45, 7) is 0.322. The SMILES string of the molecule is Nc1ccccc1NC(=O)CCCC(=O)NCc1ccccc1-c1ccc([C@@H]2O[C@H](CSc3nnnn3-c3ccccc3)C[C@H](c3ccc(CO)cc3)O2)cc1. The van der Waals surface area contributed by atoms with Crippen LogP contribution in [0.4, 0.5) is 11.4 Å². The summed E-state index contributed by atoms with van der Waals surface area (Å²) in [6.07, 6.45) is 0.442. The lowest BCUT2D eigenvalue weighted by molar-refractivity contribution is -0.245. The number of aromatic nitrogens is 4. The Labute approximate surface area is 329 Å². The van der Waals surface area contributed by atoms with Gasteiger partial charge in [0.05, 0.1) is 35.9 Å². The summed E-state index contributed by atoms with van der Waals surface area (Å²) in [5.74, 6) is 0.293. The number of aliphatic hydroxyl groups is 1. The van der Waals surface area contributed by atoms with Gasteiger partial charge >= 0.3 is 0 Å². The fourth-order valence-electron chi connectivity index (χ4n) is 6.48. The molecule has 1 fully saturated rings. The van der Waals surface area contributed by atoms with Gasteiger partial charge in [-0.15, -0.1) is 5.10 Å². The maximum absolute atomic E-state index is 12.7. The first kappa shape index (κ1) is 38.4. The molecule has 0 aliphatic carbocycles. The highest BCUT2D eigenvalue weighted by molar-refractivity contribution is 7.99. The molecule has 1 saturated heterocycles. The van der Waals surface area contributed by atoms with Crippen molar-refractivity contribution in [3.63, 3.8) is 0 Å². The van der Waals surface area contributed by atoms with E-state index < -0.39 is 6.29 Å². The third kappa shape index (κ3) is 9.86. The topological polar surface area (TPSA) is 167 Å². The standard InChI is InChI=1S/C43H43N7O5S/c44-37-13-6-7-14-38(37)46-41(53)16-8-15-40(52)45-26-33-9-4-5-12-36(33)30-21-23-32(24-22-30)42-54-35(25-39(55-42)31-19-17-29(27-51)18-20-31)28-56-43-47-48-49-50(43)34-10-2-1-3-11-34/h1-7,9-14,17-24,35,39,42,51H,8,15-16,25-28,44H2,(H,45,52)(H,46,53)/t35-,39+,42+/m0/s1. The number of tetrazole rings is 1. The van der Waals surface area contributed by atoms with Crippen LogP contribution in [0.5, 0.6) is 0 Å². The number of aliphatic hydroxyl groups excluding tert-OH is 1. The lowest BCUT2D eigenvalue weighted by Crippen LogP contribution is -2.31. The first-order chi connectivity index (χ1) is 27.4. The third-order valence-corrected chi connectivity index (χ3v) is 10.5. The number of nitrogens with zero attached hydrogens (tertiary/aromatic N) is 4. The summed E-state index contributed by atoms with van der Waals surface area (Å²) in [6, 6.07) is 40.7. The molecule has 1 aliphatic rings. The van der Waals surface area contributed by atoms with Crippen molar-refractivity contribution < 1.29 is 24.2 Å². The quantitative estimate of drug-likeness (QED) is 0.0622. The number of carbonyl (C=O) groups is 2. The molecule has 13 heteroatoms. The van der Waals surface area contributed by atoms with Crippen molar-refractivity contribution in [2.45, 2.75) is 62.5 Å². The van der Waals surface area contributed by atoms with Crippen LogP contribution in [-0.2, 0) is 32.2 Å². The fraction of sp³-hybridized carbons (Fsp3) is 0.233. The highest BCUT2D eigenvalue weighted by Gasteiger charge is 2.33. The predicted molar refractivity (Wildman–Crippen MR) is 215 cm³/mol. The maximum atomic E-state index is 12.7. The number of rotatable bonds is 15. The van der Waals surface area contributed by atoms with E-state index in [0.29, 0.717) is 41.7 Å². The van der Waals surface area contributed by atoms with E-state index in [4.69, 9.17) is 15.2 Å². The van der Waals surface area contributed by atoms with Crippen LogP contribution in [0.25, 0.3) is 16.8 Å². The summed E-state index contributed by atoms with van der Waals surface area (Å²) < 4.78 is 14.9. The number of para-hydroxylation sites is 3. The molecule has 2 amide bonds. The molecule has 12 nitrogen and oxygen atoms in total. The second-order valence-electron chi connectivity index (χ2n) is 13.4. The Hall–Kier alpha value is -5.86. The molecular formula is C43H43N7O5S. The van der Waals surface area contributed by atoms with Crippen LogP contribution in [-0.4, -0.2) is 49.0 Å². The average molecular weight is 770 g/mol. The molecule has 0 bridgehead atoms. The van der Waals surface area contributed by atoms with Crippen LogP contribution < -0.4 is 16.4 Å². The van der Waals surface area contributed by atoms with Gasteiger partial charge in [-0.1, -0.05) is 115 Å². The highest BCUT2D eigenvalue weighted by Crippen LogP contribution is 2.40. The minimum atomic E-state index is -0.627. The van der Waals surface area contributed by atoms with E-state index in [1.54, 1.807) is 28.9 Å². The van der Waals surface area contributed by atoms with Crippen molar-refractivity contribution in [3.05, 3.63) is 150 Å². The molecule has 7 rings (SSSR count). The molecule has 5 N–H and O–H groups in total. The average Bonchev–Trinajstić information content (AvgIpc) is 3.72. The summed E-state index contributed by atoms with van der Waals surface area (Å²) in [5.41, 5.74) is 13.5. The van der Waals surface area contributed by atoms with E-state index in [1.165, 1.54) is 11.8 Å². The van der Waals surface area contributed by atoms with E-state index in [9.17, 15) is 14.7 Å². The van der Waals surface area contributed by atoms with Crippen molar-refractivity contribution in [2.75, 3.05) is 16.8 Å². The molecule has 0 spiro atoms. The lowest BCUT2D eigenvalue weighted by atomic mass is 9.97. The van der Waals surface area contributed by atoms with Gasteiger partial charge in [-0.05, 0) is 68.9 Å². The summed E-state index contributed by atoms with van der Waals surface area (Å²) in [7, 11) is 0. The number of hydrogen-bond donors (Lipinski definition) is 4. The number of nitrogens with two attached hydrogens (primary N) is 1. The van der Waals surface area contributed by atoms with Gasteiger partial charge in [0.2, 0.25) is 17.0 Å². The minimum absolute atomic E-state index is 0.0268. The van der Waals surface area contributed by atoms with Gasteiger partial charge < -0.3 is 30.9 Å². The number of anilines is 2. The number of benzene rings is 5. The minimum Gasteiger partial charge on any atom is -0.397 e. The number of carbonyl (C=O) groups excluding carboxylic acids is 2. The van der Waals surface area contributed by atoms with Gasteiger partial charge in [-0.2, -0.15) is 4.68 Å². The van der Waals surface area contributed by atoms with Gasteiger partial charge in [-0.3, -0.25) is 9.59 Å². The number of amides is 2. The van der Waals surface area contributed by atoms with Crippen molar-refractivity contribution >= 4 is 35.0 Å². The van der Waals surface area contributed by atoms with Gasteiger partial charge in [0, 0.05) is 37.1 Å². The summed E-state index contributed by atoms with van der Waals surface area (Å²) >= 11 is 1.53. The number of nitrogen functional groups attached to an aromatic ring is 1. The van der Waals surface area contributed by atoms with Crippen molar-refractivity contribution in [2.24, 2.45) is 0 Å². The molecule has 1 aromatic heterocycles. The summed E-state index contributed by atoms with van der Waals surface area (Å²) in [5, 5.41) is 28.5. The van der Waals surface area contributed by atoms with E-state index >= 15 is 0 Å². The molecule has 0 unspecified atom stereocenters. The molecule has 5 aromatic carbocycles. The van der Waals surface area contributed by atoms with E-state index in [1.807, 2.05) is 103 Å². The molecule has 0 saturated carbocycles. The molecule has 56 heavy (non-hydrogen) atoms. The third-order valence-electron chi connectivity index (χ3n) is 9.48. The smallest absolute Gasteiger partial charge is 0.224 e. The van der Waals surface area contributed by atoms with Crippen LogP contribution in [0.1, 0.15) is 60.3 Å². The van der Waals surface area contributed by atoms with Gasteiger partial charge in [0.1, 0.15) is 0 Å². The first-order valence-corrected chi connectivity index (χ1v) is 19.5. The fourth-order valence-corrected chi connectivity index (χ4v) is 7.39. The maximum Gasteiger partial charge on any atom is 0.224 e. The van der Waals surface area contributed by atoms with Gasteiger partial charge in [0.25, 0.3) is 0 Å². The van der Waals surface area contributed by atoms with Crippen molar-refractivity contribution in [1.29, 1.82) is 0 Å². The normalized spacial score (nSPS) is 16.6. The van der Waals surface area contributed by atoms with E-state index in [-0.39, 0.29) is 43.5 Å². The second-order valence-corrected chi connectivity index (χ2v) is 14.4. The molecule has 6 aromatic rings. The van der Waals surface area contributed by atoms with Crippen LogP contribution in [0, 0.1) is 0 Å². The van der Waals surface area contributed by atoms with Crippen LogP contribution >= 0.6 is 11.8 Å². The molecule has 3 atom stereocenters. The van der Waals surface area contributed by atoms with Crippen LogP contribution in [0.15, 0.2) is 133 Å². The second kappa shape index (κ2) is 18.7. The van der Waals surface area contributed by atoms with Crippen molar-refractivity contribution in [1.82, 2.24) is 25.5 Å². The molecular weight excluding hydrogens is 727 g/mol. The van der Waals surface area contributed by atoms with Gasteiger partial charge in [0.15, 0.2) is 6.29 Å².